The van der Waals surface area contributed by atoms with Crippen LogP contribution in [0.1, 0.15) is 76.3 Å². The van der Waals surface area contributed by atoms with Crippen LogP contribution >= 0.6 is 0 Å². The molecule has 12 aromatic rings. The van der Waals surface area contributed by atoms with Crippen LogP contribution in [0.3, 0.4) is 0 Å². The number of aromatic nitrogens is 1. The van der Waals surface area contributed by atoms with Crippen molar-refractivity contribution in [2.75, 3.05) is 0 Å². The first-order valence-electron chi connectivity index (χ1n) is 26.3. The minimum absolute atomic E-state index is 0.0686. The number of para-hydroxylation sites is 1. The minimum atomic E-state index is -0.408. The van der Waals surface area contributed by atoms with Crippen LogP contribution in [0.5, 0.6) is 0 Å². The van der Waals surface area contributed by atoms with Gasteiger partial charge in [0.15, 0.2) is 0 Å². The predicted octanol–water partition coefficient (Wildman–Crippen LogP) is 18.6. The van der Waals surface area contributed by atoms with E-state index in [2.05, 4.69) is 285 Å². The molecule has 0 radical (unpaired) electrons. The molecule has 0 spiro atoms. The Morgan fingerprint density at radius 2 is 0.919 bits per heavy atom. The Bertz CT molecular complexity index is 4060. The maximum Gasteiger partial charge on any atom is 0.0713 e. The first kappa shape index (κ1) is 44.0. The van der Waals surface area contributed by atoms with Crippen molar-refractivity contribution in [3.05, 3.63) is 317 Å². The quantitative estimate of drug-likeness (QED) is 0.129. The van der Waals surface area contributed by atoms with Gasteiger partial charge >= 0.3 is 0 Å². The molecule has 11 aromatic carbocycles. The van der Waals surface area contributed by atoms with Gasteiger partial charge in [-0.15, -0.1) is 0 Å². The standard InChI is InChI=1S/C73H55N/c1-72(2)66-33-15-12-30-60(66)62-41-39-58(48-69(62)72)74-70-35-17-14-32-63(70)65-46-54(38-43-71(65)74)53-25-19-24-52(45-53)51-23-18-20-49(44-51)36-40-59(50-21-6-3-7-22-50)55-37-42-68-64(47-55)61-31-13-16-34-67(61)73(68,56-26-8-4-9-27-56)57-28-10-5-11-29-57/h3-35,37-39,41-48,59H,36,40H2,1-2H3. The van der Waals surface area contributed by atoms with Crippen LogP contribution in [0.2, 0.25) is 0 Å². The lowest BCUT2D eigenvalue weighted by molar-refractivity contribution is 0.660. The van der Waals surface area contributed by atoms with Gasteiger partial charge in [-0.3, -0.25) is 0 Å². The van der Waals surface area contributed by atoms with Gasteiger partial charge in [-0.1, -0.05) is 244 Å². The Morgan fingerprint density at radius 3 is 1.66 bits per heavy atom. The van der Waals surface area contributed by atoms with E-state index in [0.29, 0.717) is 0 Å². The van der Waals surface area contributed by atoms with Gasteiger partial charge in [-0.2, -0.15) is 0 Å². The number of benzene rings is 11. The summed E-state index contributed by atoms with van der Waals surface area (Å²) in [6, 6.07) is 100. The van der Waals surface area contributed by atoms with Gasteiger partial charge in [0, 0.05) is 27.8 Å². The van der Waals surface area contributed by atoms with Gasteiger partial charge in [-0.25, -0.2) is 0 Å². The van der Waals surface area contributed by atoms with E-state index in [0.717, 1.165) is 12.8 Å². The summed E-state index contributed by atoms with van der Waals surface area (Å²) in [7, 11) is 0. The number of hydrogen-bond donors (Lipinski definition) is 0. The first-order valence-corrected chi connectivity index (χ1v) is 26.3. The molecular formula is C73H55N. The summed E-state index contributed by atoms with van der Waals surface area (Å²) in [5, 5.41) is 2.53. The van der Waals surface area contributed by atoms with E-state index in [1.54, 1.807) is 0 Å². The molecule has 352 valence electrons. The summed E-state index contributed by atoms with van der Waals surface area (Å²) >= 11 is 0. The van der Waals surface area contributed by atoms with Gasteiger partial charge in [-0.05, 0) is 144 Å². The van der Waals surface area contributed by atoms with E-state index in [1.807, 2.05) is 0 Å². The summed E-state index contributed by atoms with van der Waals surface area (Å²) < 4.78 is 2.46. The summed E-state index contributed by atoms with van der Waals surface area (Å²) in [6.45, 7) is 4.73. The van der Waals surface area contributed by atoms with Gasteiger partial charge in [0.1, 0.15) is 0 Å². The number of hydrogen-bond acceptors (Lipinski definition) is 0. The fourth-order valence-corrected chi connectivity index (χ4v) is 13.3. The molecule has 1 heteroatoms. The Hall–Kier alpha value is -8.78. The highest BCUT2D eigenvalue weighted by atomic mass is 15.0. The van der Waals surface area contributed by atoms with Crippen molar-refractivity contribution in [1.82, 2.24) is 4.57 Å². The van der Waals surface area contributed by atoms with Crippen molar-refractivity contribution in [2.24, 2.45) is 0 Å². The Balaban J connectivity index is 0.782. The molecule has 0 saturated heterocycles. The van der Waals surface area contributed by atoms with Crippen LogP contribution < -0.4 is 0 Å². The molecule has 74 heavy (non-hydrogen) atoms. The summed E-state index contributed by atoms with van der Waals surface area (Å²) in [6.07, 6.45) is 1.94. The van der Waals surface area contributed by atoms with Crippen LogP contribution in [0.15, 0.2) is 267 Å². The van der Waals surface area contributed by atoms with Crippen molar-refractivity contribution < 1.29 is 0 Å². The summed E-state index contributed by atoms with van der Waals surface area (Å²) in [5.41, 5.74) is 25.5. The molecule has 14 rings (SSSR count). The highest BCUT2D eigenvalue weighted by Crippen LogP contribution is 2.57. The van der Waals surface area contributed by atoms with Gasteiger partial charge in [0.05, 0.1) is 16.4 Å². The predicted molar refractivity (Wildman–Crippen MR) is 310 cm³/mol. The normalized spacial score (nSPS) is 14.1. The number of nitrogens with zero attached hydrogens (tertiary/aromatic N) is 1. The lowest BCUT2D eigenvalue weighted by Gasteiger charge is -2.34. The molecule has 2 aliphatic rings. The molecule has 2 aliphatic carbocycles. The molecule has 0 bridgehead atoms. The average molecular weight is 946 g/mol. The van der Waals surface area contributed by atoms with Crippen LogP contribution in [0, 0.1) is 0 Å². The molecule has 1 aromatic heterocycles. The van der Waals surface area contributed by atoms with E-state index in [-0.39, 0.29) is 11.3 Å². The molecule has 1 heterocycles. The zero-order chi connectivity index (χ0) is 49.4. The third-order valence-corrected chi connectivity index (χ3v) is 16.8. The second-order valence-corrected chi connectivity index (χ2v) is 21.1. The molecule has 0 fully saturated rings. The van der Waals surface area contributed by atoms with Crippen molar-refractivity contribution in [3.8, 4) is 50.2 Å². The molecule has 1 unspecified atom stereocenters. The zero-order valence-electron chi connectivity index (χ0n) is 41.8. The van der Waals surface area contributed by atoms with E-state index >= 15 is 0 Å². The second kappa shape index (κ2) is 17.5. The van der Waals surface area contributed by atoms with E-state index in [9.17, 15) is 0 Å². The Labute approximate surface area is 434 Å². The van der Waals surface area contributed by atoms with Crippen LogP contribution in [-0.2, 0) is 17.3 Å². The molecule has 0 amide bonds. The molecule has 1 atom stereocenters. The molecule has 0 saturated carbocycles. The van der Waals surface area contributed by atoms with Crippen molar-refractivity contribution in [1.29, 1.82) is 0 Å². The Morgan fingerprint density at radius 1 is 0.351 bits per heavy atom. The highest BCUT2D eigenvalue weighted by Gasteiger charge is 2.46. The summed E-state index contributed by atoms with van der Waals surface area (Å²) in [4.78, 5) is 0. The largest absolute Gasteiger partial charge is 0.309 e. The average Bonchev–Trinajstić information content (AvgIpc) is 4.11. The fraction of sp³-hybridized carbons (Fsp3) is 0.0959. The van der Waals surface area contributed by atoms with Crippen LogP contribution in [0.4, 0.5) is 0 Å². The van der Waals surface area contributed by atoms with Crippen LogP contribution in [0.25, 0.3) is 72.0 Å². The van der Waals surface area contributed by atoms with E-state index in [1.165, 1.54) is 122 Å². The van der Waals surface area contributed by atoms with Crippen LogP contribution in [-0.4, -0.2) is 4.57 Å². The molecule has 1 nitrogen and oxygen atoms in total. The van der Waals surface area contributed by atoms with Crippen molar-refractivity contribution in [3.63, 3.8) is 0 Å². The third-order valence-electron chi connectivity index (χ3n) is 16.8. The monoisotopic (exact) mass is 945 g/mol. The first-order chi connectivity index (χ1) is 36.4. The zero-order valence-corrected chi connectivity index (χ0v) is 41.8. The number of fused-ring (bicyclic) bond motifs is 9. The smallest absolute Gasteiger partial charge is 0.0713 e. The van der Waals surface area contributed by atoms with Crippen molar-refractivity contribution >= 4 is 21.8 Å². The third kappa shape index (κ3) is 6.91. The van der Waals surface area contributed by atoms with E-state index < -0.39 is 5.41 Å². The SMILES string of the molecule is CC1(C)c2ccccc2-c2ccc(-n3c4ccccc4c4cc(-c5cccc(-c6cccc(CCC(c7ccccc7)c7ccc8c(c7)-c7ccccc7C8(c7ccccc7)c7ccccc7)c6)c5)ccc43)cc21. The maximum absolute atomic E-state index is 2.52. The Kier molecular flexibility index (Phi) is 10.4. The van der Waals surface area contributed by atoms with Gasteiger partial charge in [0.25, 0.3) is 0 Å². The number of aryl methyl sites for hydroxylation is 1. The van der Waals surface area contributed by atoms with E-state index in [4.69, 9.17) is 0 Å². The minimum Gasteiger partial charge on any atom is -0.309 e. The van der Waals surface area contributed by atoms with Gasteiger partial charge < -0.3 is 4.57 Å². The lowest BCUT2D eigenvalue weighted by atomic mass is 9.67. The summed E-state index contributed by atoms with van der Waals surface area (Å²) in [5.74, 6) is 0.219. The topological polar surface area (TPSA) is 4.93 Å². The number of rotatable bonds is 10. The van der Waals surface area contributed by atoms with Gasteiger partial charge in [0.2, 0.25) is 0 Å². The fourth-order valence-electron chi connectivity index (χ4n) is 13.3. The second-order valence-electron chi connectivity index (χ2n) is 21.1. The molecule has 0 N–H and O–H groups in total. The molecule has 0 aliphatic heterocycles. The molecular weight excluding hydrogens is 891 g/mol. The lowest BCUT2D eigenvalue weighted by Crippen LogP contribution is -2.28. The highest BCUT2D eigenvalue weighted by molar-refractivity contribution is 6.10. The maximum atomic E-state index is 2.52. The van der Waals surface area contributed by atoms with Crippen molar-refractivity contribution in [2.45, 2.75) is 43.4 Å².